The zero-order valence-corrected chi connectivity index (χ0v) is 9.37. The molecule has 0 amide bonds. The molecule has 15 heavy (non-hydrogen) atoms. The van der Waals surface area contributed by atoms with E-state index in [0.29, 0.717) is 6.04 Å². The summed E-state index contributed by atoms with van der Waals surface area (Å²) in [5.41, 5.74) is 2.79. The van der Waals surface area contributed by atoms with Crippen molar-refractivity contribution in [2.24, 2.45) is 0 Å². The summed E-state index contributed by atoms with van der Waals surface area (Å²) in [6, 6.07) is 10.9. The second kappa shape index (κ2) is 5.01. The minimum Gasteiger partial charge on any atom is -0.379 e. The van der Waals surface area contributed by atoms with Gasteiger partial charge in [0.1, 0.15) is 0 Å². The summed E-state index contributed by atoms with van der Waals surface area (Å²) in [6.45, 7) is 2.25. The molecule has 0 radical (unpaired) electrons. The van der Waals surface area contributed by atoms with E-state index >= 15 is 0 Å². The van der Waals surface area contributed by atoms with Crippen molar-refractivity contribution in [2.75, 3.05) is 5.32 Å². The number of allylic oxidation sites excluding steroid dienone is 1. The van der Waals surface area contributed by atoms with Crippen LogP contribution >= 0.6 is 0 Å². The van der Waals surface area contributed by atoms with Crippen LogP contribution in [0.3, 0.4) is 0 Å². The molecule has 2 rings (SSSR count). The molecule has 0 spiro atoms. The van der Waals surface area contributed by atoms with Gasteiger partial charge in [0, 0.05) is 11.7 Å². The van der Waals surface area contributed by atoms with Crippen LogP contribution in [0.1, 0.15) is 32.6 Å². The third-order valence-electron chi connectivity index (χ3n) is 3.04. The third-order valence-corrected chi connectivity index (χ3v) is 3.04. The van der Waals surface area contributed by atoms with Gasteiger partial charge in [-0.2, -0.15) is 0 Å². The maximum atomic E-state index is 3.54. The number of benzene rings is 1. The molecule has 1 N–H and O–H groups in total. The molecule has 0 fully saturated rings. The number of anilines is 1. The first-order valence-electron chi connectivity index (χ1n) is 5.87. The highest BCUT2D eigenvalue weighted by Gasteiger charge is 2.10. The number of hydrogen-bond donors (Lipinski definition) is 1. The molecule has 1 heteroatoms. The normalized spacial score (nSPS) is 18.1. The fourth-order valence-electron chi connectivity index (χ4n) is 2.13. The molecule has 0 aliphatic heterocycles. The Hall–Kier alpha value is -1.24. The van der Waals surface area contributed by atoms with Crippen molar-refractivity contribution in [3.8, 4) is 0 Å². The minimum absolute atomic E-state index is 0.479. The van der Waals surface area contributed by atoms with Crippen LogP contribution in [0, 0.1) is 0 Å². The Morgan fingerprint density at radius 3 is 2.60 bits per heavy atom. The van der Waals surface area contributed by atoms with Crippen LogP contribution in [0.2, 0.25) is 0 Å². The summed E-state index contributed by atoms with van der Waals surface area (Å²) in [5.74, 6) is 0. The first kappa shape index (κ1) is 10.3. The molecule has 1 aliphatic rings. The fraction of sp³-hybridized carbons (Fsp3) is 0.429. The van der Waals surface area contributed by atoms with Crippen molar-refractivity contribution in [2.45, 2.75) is 38.6 Å². The Labute approximate surface area is 92.2 Å². The predicted octanol–water partition coefficient (Wildman–Crippen LogP) is 3.99. The van der Waals surface area contributed by atoms with Crippen molar-refractivity contribution in [3.05, 3.63) is 42.0 Å². The average Bonchev–Trinajstić information content (AvgIpc) is 2.31. The lowest BCUT2D eigenvalue weighted by Gasteiger charge is -2.21. The largest absolute Gasteiger partial charge is 0.379 e. The summed E-state index contributed by atoms with van der Waals surface area (Å²) in [7, 11) is 0. The summed E-state index contributed by atoms with van der Waals surface area (Å²) in [5, 5.41) is 3.54. The molecule has 0 bridgehead atoms. The topological polar surface area (TPSA) is 12.0 Å². The molecule has 1 atom stereocenters. The fourth-order valence-corrected chi connectivity index (χ4v) is 2.13. The Balaban J connectivity index is 1.97. The molecule has 1 unspecified atom stereocenters. The molecule has 1 aliphatic carbocycles. The van der Waals surface area contributed by atoms with E-state index in [1.165, 1.54) is 31.4 Å². The SMILES string of the molecule is CC(Nc1ccccc1)C1=CCCCC1. The lowest BCUT2D eigenvalue weighted by atomic mass is 9.94. The highest BCUT2D eigenvalue weighted by atomic mass is 14.9. The maximum Gasteiger partial charge on any atom is 0.0445 e. The number of para-hydroxylation sites is 1. The lowest BCUT2D eigenvalue weighted by Crippen LogP contribution is -2.19. The zero-order valence-electron chi connectivity index (χ0n) is 9.37. The number of hydrogen-bond acceptors (Lipinski definition) is 1. The van der Waals surface area contributed by atoms with Crippen molar-refractivity contribution in [1.82, 2.24) is 0 Å². The van der Waals surface area contributed by atoms with Crippen LogP contribution in [0.15, 0.2) is 42.0 Å². The number of rotatable bonds is 3. The Morgan fingerprint density at radius 2 is 1.93 bits per heavy atom. The van der Waals surface area contributed by atoms with Crippen LogP contribution in [-0.2, 0) is 0 Å². The van der Waals surface area contributed by atoms with E-state index in [4.69, 9.17) is 0 Å². The average molecular weight is 201 g/mol. The van der Waals surface area contributed by atoms with Crippen LogP contribution < -0.4 is 5.32 Å². The molecule has 1 aromatic carbocycles. The van der Waals surface area contributed by atoms with E-state index in [9.17, 15) is 0 Å². The highest BCUT2D eigenvalue weighted by molar-refractivity contribution is 5.45. The first-order chi connectivity index (χ1) is 7.36. The second-order valence-electron chi connectivity index (χ2n) is 4.26. The molecule has 0 saturated carbocycles. The van der Waals surface area contributed by atoms with Gasteiger partial charge in [-0.05, 0) is 44.7 Å². The maximum absolute atomic E-state index is 3.54. The van der Waals surface area contributed by atoms with Crippen LogP contribution in [0.5, 0.6) is 0 Å². The van der Waals surface area contributed by atoms with E-state index in [-0.39, 0.29) is 0 Å². The van der Waals surface area contributed by atoms with Gasteiger partial charge in [0.2, 0.25) is 0 Å². The van der Waals surface area contributed by atoms with E-state index in [1.54, 1.807) is 5.57 Å². The van der Waals surface area contributed by atoms with Crippen LogP contribution in [-0.4, -0.2) is 6.04 Å². The number of nitrogens with one attached hydrogen (secondary N) is 1. The molecule has 0 saturated heterocycles. The second-order valence-corrected chi connectivity index (χ2v) is 4.26. The molecule has 1 nitrogen and oxygen atoms in total. The molecule has 0 aromatic heterocycles. The third kappa shape index (κ3) is 2.85. The standard InChI is InChI=1S/C14H19N/c1-12(13-8-4-2-5-9-13)15-14-10-6-3-7-11-14/h3,6-8,10-12,15H,2,4-5,9H2,1H3. The van der Waals surface area contributed by atoms with Gasteiger partial charge in [-0.1, -0.05) is 29.8 Å². The van der Waals surface area contributed by atoms with E-state index in [1.807, 2.05) is 0 Å². The monoisotopic (exact) mass is 201 g/mol. The summed E-state index contributed by atoms with van der Waals surface area (Å²) >= 11 is 0. The van der Waals surface area contributed by atoms with Gasteiger partial charge in [-0.15, -0.1) is 0 Å². The highest BCUT2D eigenvalue weighted by Crippen LogP contribution is 2.22. The van der Waals surface area contributed by atoms with Gasteiger partial charge >= 0.3 is 0 Å². The Kier molecular flexibility index (Phi) is 3.44. The van der Waals surface area contributed by atoms with Gasteiger partial charge in [0.25, 0.3) is 0 Å². The van der Waals surface area contributed by atoms with E-state index in [0.717, 1.165) is 0 Å². The molecule has 80 valence electrons. The van der Waals surface area contributed by atoms with Gasteiger partial charge < -0.3 is 5.32 Å². The lowest BCUT2D eigenvalue weighted by molar-refractivity contribution is 0.666. The Bertz CT molecular complexity index is 326. The molecule has 0 heterocycles. The predicted molar refractivity (Wildman–Crippen MR) is 66.1 cm³/mol. The van der Waals surface area contributed by atoms with Crippen molar-refractivity contribution in [3.63, 3.8) is 0 Å². The van der Waals surface area contributed by atoms with Gasteiger partial charge in [0.05, 0.1) is 0 Å². The van der Waals surface area contributed by atoms with Crippen molar-refractivity contribution < 1.29 is 0 Å². The summed E-state index contributed by atoms with van der Waals surface area (Å²) in [4.78, 5) is 0. The summed E-state index contributed by atoms with van der Waals surface area (Å²) < 4.78 is 0. The molecular formula is C14H19N. The quantitative estimate of drug-likeness (QED) is 0.729. The van der Waals surface area contributed by atoms with Crippen LogP contribution in [0.4, 0.5) is 5.69 Å². The smallest absolute Gasteiger partial charge is 0.0445 e. The molecular weight excluding hydrogens is 182 g/mol. The summed E-state index contributed by atoms with van der Waals surface area (Å²) in [6.07, 6.45) is 7.65. The van der Waals surface area contributed by atoms with E-state index in [2.05, 4.69) is 48.6 Å². The Morgan fingerprint density at radius 1 is 1.13 bits per heavy atom. The minimum atomic E-state index is 0.479. The zero-order chi connectivity index (χ0) is 10.5. The van der Waals surface area contributed by atoms with Gasteiger partial charge in [0.15, 0.2) is 0 Å². The van der Waals surface area contributed by atoms with Crippen molar-refractivity contribution >= 4 is 5.69 Å². The first-order valence-corrected chi connectivity index (χ1v) is 5.87. The molecule has 1 aromatic rings. The van der Waals surface area contributed by atoms with Gasteiger partial charge in [-0.3, -0.25) is 0 Å². The van der Waals surface area contributed by atoms with Crippen LogP contribution in [0.25, 0.3) is 0 Å². The van der Waals surface area contributed by atoms with Crippen molar-refractivity contribution in [1.29, 1.82) is 0 Å². The van der Waals surface area contributed by atoms with Gasteiger partial charge in [-0.25, -0.2) is 0 Å². The van der Waals surface area contributed by atoms with E-state index < -0.39 is 0 Å².